The minimum absolute atomic E-state index is 0.0308. The van der Waals surface area contributed by atoms with Gasteiger partial charge in [0.1, 0.15) is 17.3 Å². The van der Waals surface area contributed by atoms with Crippen LogP contribution in [0.2, 0.25) is 0 Å². The number of alkyl halides is 3. The molecular formula is C21H15F4NO3. The zero-order valence-electron chi connectivity index (χ0n) is 15.1. The molecule has 1 aliphatic rings. The van der Waals surface area contributed by atoms with E-state index in [0.717, 1.165) is 18.2 Å². The highest BCUT2D eigenvalue weighted by molar-refractivity contribution is 6.00. The Morgan fingerprint density at radius 3 is 2.55 bits per heavy atom. The van der Waals surface area contributed by atoms with E-state index in [1.165, 1.54) is 30.4 Å². The van der Waals surface area contributed by atoms with Crippen molar-refractivity contribution < 1.29 is 31.9 Å². The average Bonchev–Trinajstić information content (AvgIpc) is 2.60. The summed E-state index contributed by atoms with van der Waals surface area (Å²) in [4.78, 5) is 24.1. The molecule has 29 heavy (non-hydrogen) atoms. The van der Waals surface area contributed by atoms with Crippen LogP contribution < -0.4 is 10.1 Å². The number of carbonyl (C=O) groups is 2. The zero-order valence-corrected chi connectivity index (χ0v) is 15.1. The van der Waals surface area contributed by atoms with Crippen molar-refractivity contribution in [2.75, 3.05) is 0 Å². The van der Waals surface area contributed by atoms with Crippen molar-refractivity contribution in [3.8, 4) is 11.5 Å². The zero-order chi connectivity index (χ0) is 21.2. The summed E-state index contributed by atoms with van der Waals surface area (Å²) in [6.45, 7) is 1.62. The first kappa shape index (κ1) is 20.3. The first-order chi connectivity index (χ1) is 13.6. The van der Waals surface area contributed by atoms with Crippen LogP contribution in [0, 0.1) is 12.7 Å². The molecule has 0 bridgehead atoms. The van der Waals surface area contributed by atoms with Crippen LogP contribution in [0.3, 0.4) is 0 Å². The lowest BCUT2D eigenvalue weighted by atomic mass is 10.1. The van der Waals surface area contributed by atoms with Gasteiger partial charge in [0.05, 0.1) is 11.1 Å². The number of carbonyl (C=O) groups excluding carboxylic acids is 2. The highest BCUT2D eigenvalue weighted by atomic mass is 19.4. The van der Waals surface area contributed by atoms with E-state index in [1.54, 1.807) is 6.92 Å². The molecule has 0 fully saturated rings. The largest absolute Gasteiger partial charge is 0.456 e. The van der Waals surface area contributed by atoms with Crippen LogP contribution >= 0.6 is 0 Å². The summed E-state index contributed by atoms with van der Waals surface area (Å²) in [5, 5.41) is 2.39. The Bertz CT molecular complexity index is 1020. The number of benzene rings is 2. The van der Waals surface area contributed by atoms with Crippen molar-refractivity contribution in [3.63, 3.8) is 0 Å². The molecule has 0 aromatic heterocycles. The van der Waals surface area contributed by atoms with E-state index in [0.29, 0.717) is 11.6 Å². The normalized spacial score (nSPS) is 13.8. The van der Waals surface area contributed by atoms with E-state index in [-0.39, 0.29) is 29.4 Å². The summed E-state index contributed by atoms with van der Waals surface area (Å²) in [7, 11) is 0. The fourth-order valence-electron chi connectivity index (χ4n) is 2.72. The van der Waals surface area contributed by atoms with Crippen molar-refractivity contribution in [2.45, 2.75) is 19.5 Å². The van der Waals surface area contributed by atoms with Gasteiger partial charge >= 0.3 is 6.18 Å². The van der Waals surface area contributed by atoms with E-state index in [9.17, 15) is 27.2 Å². The quantitative estimate of drug-likeness (QED) is 0.721. The van der Waals surface area contributed by atoms with Crippen LogP contribution in [0.15, 0.2) is 60.3 Å². The number of halogens is 4. The van der Waals surface area contributed by atoms with Gasteiger partial charge in [0.15, 0.2) is 5.78 Å². The molecule has 4 nitrogen and oxygen atoms in total. The van der Waals surface area contributed by atoms with Gasteiger partial charge in [-0.3, -0.25) is 9.59 Å². The molecule has 0 saturated carbocycles. The van der Waals surface area contributed by atoms with Gasteiger partial charge in [0, 0.05) is 24.3 Å². The predicted molar refractivity (Wildman–Crippen MR) is 97.0 cm³/mol. The lowest BCUT2D eigenvalue weighted by molar-refractivity contribution is -0.137. The first-order valence-electron chi connectivity index (χ1n) is 8.50. The third-order valence-electron chi connectivity index (χ3n) is 3.99. The average molecular weight is 405 g/mol. The van der Waals surface area contributed by atoms with E-state index < -0.39 is 29.0 Å². The number of hydrogen-bond acceptors (Lipinski definition) is 3. The molecule has 0 aliphatic heterocycles. The molecular weight excluding hydrogens is 390 g/mol. The molecule has 0 heterocycles. The van der Waals surface area contributed by atoms with Crippen molar-refractivity contribution in [3.05, 3.63) is 82.8 Å². The smallest absolute Gasteiger partial charge is 0.416 e. The number of hydrogen-bond donors (Lipinski definition) is 1. The Morgan fingerprint density at radius 2 is 1.90 bits per heavy atom. The van der Waals surface area contributed by atoms with Gasteiger partial charge in [-0.25, -0.2) is 4.39 Å². The van der Waals surface area contributed by atoms with E-state index in [4.69, 9.17) is 4.74 Å². The Hall–Kier alpha value is -3.42. The maximum atomic E-state index is 13.6. The highest BCUT2D eigenvalue weighted by Gasteiger charge is 2.32. The highest BCUT2D eigenvalue weighted by Crippen LogP contribution is 2.34. The van der Waals surface area contributed by atoms with Gasteiger partial charge in [-0.05, 0) is 48.9 Å². The van der Waals surface area contributed by atoms with Crippen LogP contribution in [-0.4, -0.2) is 11.7 Å². The Balaban J connectivity index is 1.98. The number of rotatable bonds is 4. The number of amides is 1. The summed E-state index contributed by atoms with van der Waals surface area (Å²) < 4.78 is 58.4. The second-order valence-electron chi connectivity index (χ2n) is 6.40. The third kappa shape index (κ3) is 5.10. The van der Waals surface area contributed by atoms with Crippen molar-refractivity contribution in [1.82, 2.24) is 5.32 Å². The number of allylic oxidation sites excluding steroid dienone is 3. The standard InChI is InChI=1S/C21H15F4NO3/c1-12-7-14(22)10-17(8-12)29-19-6-5-13(21(23,24)25)9-18(19)20(28)26-15-3-2-4-16(27)11-15/h2-3,5-11H,4H2,1H3,(H,26,28). The maximum absolute atomic E-state index is 13.6. The molecule has 2 aromatic carbocycles. The predicted octanol–water partition coefficient (Wildman–Crippen LogP) is 5.09. The summed E-state index contributed by atoms with van der Waals surface area (Å²) in [5.41, 5.74) is -0.770. The summed E-state index contributed by atoms with van der Waals surface area (Å²) in [5.74, 6) is -1.90. The fraction of sp³-hybridized carbons (Fsp3) is 0.143. The molecule has 0 atom stereocenters. The fourth-order valence-corrected chi connectivity index (χ4v) is 2.72. The Kier molecular flexibility index (Phi) is 5.54. The molecule has 8 heteroatoms. The molecule has 0 spiro atoms. The van der Waals surface area contributed by atoms with Gasteiger partial charge < -0.3 is 10.1 Å². The second kappa shape index (κ2) is 7.90. The van der Waals surface area contributed by atoms with Gasteiger partial charge in [-0.2, -0.15) is 13.2 Å². The number of aryl methyl sites for hydroxylation is 1. The molecule has 150 valence electrons. The summed E-state index contributed by atoms with van der Waals surface area (Å²) in [6.07, 6.45) is -0.318. The lowest BCUT2D eigenvalue weighted by Gasteiger charge is -2.15. The van der Waals surface area contributed by atoms with Crippen LogP contribution in [0.5, 0.6) is 11.5 Å². The van der Waals surface area contributed by atoms with Crippen LogP contribution in [0.4, 0.5) is 17.6 Å². The number of ether oxygens (including phenoxy) is 1. The monoisotopic (exact) mass is 405 g/mol. The van der Waals surface area contributed by atoms with E-state index >= 15 is 0 Å². The van der Waals surface area contributed by atoms with Crippen LogP contribution in [0.1, 0.15) is 27.9 Å². The van der Waals surface area contributed by atoms with Gasteiger partial charge in [-0.15, -0.1) is 0 Å². The van der Waals surface area contributed by atoms with E-state index in [1.807, 2.05) is 0 Å². The molecule has 0 radical (unpaired) electrons. The topological polar surface area (TPSA) is 55.4 Å². The van der Waals surface area contributed by atoms with Gasteiger partial charge in [0.25, 0.3) is 5.91 Å². The SMILES string of the molecule is Cc1cc(F)cc(Oc2ccc(C(F)(F)F)cc2C(=O)NC2=CC(=O)CC=C2)c1. The Morgan fingerprint density at radius 1 is 1.14 bits per heavy atom. The molecule has 0 saturated heterocycles. The minimum atomic E-state index is -4.68. The van der Waals surface area contributed by atoms with E-state index in [2.05, 4.69) is 5.32 Å². The van der Waals surface area contributed by atoms with Gasteiger partial charge in [0.2, 0.25) is 0 Å². The number of nitrogens with one attached hydrogen (secondary N) is 1. The van der Waals surface area contributed by atoms with Crippen LogP contribution in [0.25, 0.3) is 0 Å². The molecule has 1 amide bonds. The molecule has 1 aliphatic carbocycles. The molecule has 0 unspecified atom stereocenters. The first-order valence-corrected chi connectivity index (χ1v) is 8.50. The van der Waals surface area contributed by atoms with Crippen molar-refractivity contribution >= 4 is 11.7 Å². The van der Waals surface area contributed by atoms with Crippen molar-refractivity contribution in [1.29, 1.82) is 0 Å². The van der Waals surface area contributed by atoms with Crippen molar-refractivity contribution in [2.24, 2.45) is 0 Å². The lowest BCUT2D eigenvalue weighted by Crippen LogP contribution is -2.24. The number of ketones is 1. The molecule has 2 aromatic rings. The minimum Gasteiger partial charge on any atom is -0.456 e. The molecule has 1 N–H and O–H groups in total. The summed E-state index contributed by atoms with van der Waals surface area (Å²) >= 11 is 0. The second-order valence-corrected chi connectivity index (χ2v) is 6.40. The van der Waals surface area contributed by atoms with Crippen LogP contribution in [-0.2, 0) is 11.0 Å². The Labute approximate surface area is 163 Å². The van der Waals surface area contributed by atoms with Gasteiger partial charge in [-0.1, -0.05) is 6.08 Å². The maximum Gasteiger partial charge on any atom is 0.416 e. The summed E-state index contributed by atoms with van der Waals surface area (Å²) in [6, 6.07) is 6.19. The third-order valence-corrected chi connectivity index (χ3v) is 3.99. The molecule has 3 rings (SSSR count).